The van der Waals surface area contributed by atoms with Gasteiger partial charge in [0.1, 0.15) is 5.75 Å². The third-order valence-corrected chi connectivity index (χ3v) is 5.13. The van der Waals surface area contributed by atoms with Crippen LogP contribution in [0.5, 0.6) is 5.75 Å². The molecule has 8 nitrogen and oxygen atoms in total. The first-order valence-corrected chi connectivity index (χ1v) is 9.35. The Kier molecular flexibility index (Phi) is 4.84. The molecular formula is C17H19N3O5S. The molecule has 9 heteroatoms. The molecule has 0 radical (unpaired) electrons. The zero-order valence-electron chi connectivity index (χ0n) is 14.8. The molecule has 0 spiro atoms. The molecule has 0 aliphatic carbocycles. The average Bonchev–Trinajstić information content (AvgIpc) is 3.24. The lowest BCUT2D eigenvalue weighted by molar-refractivity contribution is 0.243. The summed E-state index contributed by atoms with van der Waals surface area (Å²) in [6.45, 7) is 3.85. The summed E-state index contributed by atoms with van der Waals surface area (Å²) in [4.78, 5) is 4.30. The van der Waals surface area contributed by atoms with Crippen LogP contribution >= 0.6 is 0 Å². The Hall–Kier alpha value is -2.65. The molecule has 2 heterocycles. The summed E-state index contributed by atoms with van der Waals surface area (Å²) >= 11 is 0. The first-order valence-electron chi connectivity index (χ1n) is 7.91. The normalized spacial score (nSPS) is 12.1. The van der Waals surface area contributed by atoms with Crippen LogP contribution < -0.4 is 4.74 Å². The van der Waals surface area contributed by atoms with Crippen LogP contribution in [-0.4, -0.2) is 43.1 Å². The minimum atomic E-state index is -3.67. The summed E-state index contributed by atoms with van der Waals surface area (Å²) in [5, 5.41) is 3.76. The standard InChI is InChI=1S/C17H19N3O5S/c1-11(2)23-13-8-6-5-7-12(13)16-18-17(25-19-16)14-9-10-15(24-14)26(21,22)20(3)4/h5-11H,1-4H3. The van der Waals surface area contributed by atoms with Crippen molar-refractivity contribution >= 4 is 10.0 Å². The lowest BCUT2D eigenvalue weighted by Gasteiger charge is -2.11. The van der Waals surface area contributed by atoms with E-state index in [2.05, 4.69) is 10.1 Å². The number of sulfonamides is 1. The molecule has 0 fully saturated rings. The minimum Gasteiger partial charge on any atom is -0.490 e. The van der Waals surface area contributed by atoms with Crippen LogP contribution in [0.2, 0.25) is 0 Å². The molecule has 0 saturated carbocycles. The van der Waals surface area contributed by atoms with Gasteiger partial charge in [-0.2, -0.15) is 4.98 Å². The van der Waals surface area contributed by atoms with E-state index in [0.717, 1.165) is 4.31 Å². The zero-order valence-corrected chi connectivity index (χ0v) is 15.6. The molecule has 26 heavy (non-hydrogen) atoms. The highest BCUT2D eigenvalue weighted by Gasteiger charge is 2.24. The molecular weight excluding hydrogens is 358 g/mol. The van der Waals surface area contributed by atoms with Crippen molar-refractivity contribution in [2.24, 2.45) is 0 Å². The summed E-state index contributed by atoms with van der Waals surface area (Å²) in [5.41, 5.74) is 0.670. The first kappa shape index (κ1) is 18.2. The van der Waals surface area contributed by atoms with Crippen LogP contribution in [0.25, 0.3) is 23.0 Å². The van der Waals surface area contributed by atoms with E-state index >= 15 is 0 Å². The van der Waals surface area contributed by atoms with Crippen LogP contribution in [0, 0.1) is 0 Å². The van der Waals surface area contributed by atoms with Gasteiger partial charge >= 0.3 is 0 Å². The number of ether oxygens (including phenoxy) is 1. The van der Waals surface area contributed by atoms with Gasteiger partial charge in [-0.15, -0.1) is 0 Å². The van der Waals surface area contributed by atoms with Crippen LogP contribution in [0.15, 0.2) is 50.4 Å². The SMILES string of the molecule is CC(C)Oc1ccccc1-c1noc(-c2ccc(S(=O)(=O)N(C)C)o2)n1. The maximum Gasteiger partial charge on any atom is 0.294 e. The van der Waals surface area contributed by atoms with Crippen LogP contribution in [-0.2, 0) is 10.0 Å². The topological polar surface area (TPSA) is 98.7 Å². The Labute approximate surface area is 151 Å². The lowest BCUT2D eigenvalue weighted by Crippen LogP contribution is -2.21. The maximum absolute atomic E-state index is 12.1. The number of rotatable bonds is 6. The van der Waals surface area contributed by atoms with E-state index in [1.54, 1.807) is 0 Å². The van der Waals surface area contributed by atoms with Gasteiger partial charge in [-0.25, -0.2) is 12.7 Å². The summed E-state index contributed by atoms with van der Waals surface area (Å²) in [6.07, 6.45) is -0.00797. The van der Waals surface area contributed by atoms with Gasteiger partial charge in [-0.3, -0.25) is 0 Å². The van der Waals surface area contributed by atoms with E-state index < -0.39 is 10.0 Å². The number of para-hydroxylation sites is 1. The second-order valence-corrected chi connectivity index (χ2v) is 8.07. The van der Waals surface area contributed by atoms with Crippen molar-refractivity contribution in [1.29, 1.82) is 0 Å². The molecule has 0 amide bonds. The van der Waals surface area contributed by atoms with E-state index in [4.69, 9.17) is 13.7 Å². The number of nitrogens with zero attached hydrogens (tertiary/aromatic N) is 3. The summed E-state index contributed by atoms with van der Waals surface area (Å²) < 4.78 is 41.6. The van der Waals surface area contributed by atoms with Crippen LogP contribution in [0.3, 0.4) is 0 Å². The van der Waals surface area contributed by atoms with E-state index in [1.807, 2.05) is 38.1 Å². The Morgan fingerprint density at radius 1 is 1.12 bits per heavy atom. The molecule has 0 saturated heterocycles. The number of benzene rings is 1. The molecule has 0 atom stereocenters. The Bertz CT molecular complexity index is 1000. The van der Waals surface area contributed by atoms with Crippen molar-refractivity contribution in [1.82, 2.24) is 14.4 Å². The van der Waals surface area contributed by atoms with Gasteiger partial charge in [0.15, 0.2) is 5.76 Å². The van der Waals surface area contributed by atoms with Crippen LogP contribution in [0.1, 0.15) is 13.8 Å². The summed E-state index contributed by atoms with van der Waals surface area (Å²) in [7, 11) is -0.824. The third kappa shape index (κ3) is 3.49. The molecule has 0 aliphatic heterocycles. The smallest absolute Gasteiger partial charge is 0.294 e. The molecule has 138 valence electrons. The zero-order chi connectivity index (χ0) is 18.9. The monoisotopic (exact) mass is 377 g/mol. The second kappa shape index (κ2) is 6.93. The van der Waals surface area contributed by atoms with Crippen molar-refractivity contribution in [3.05, 3.63) is 36.4 Å². The third-order valence-electron chi connectivity index (χ3n) is 3.44. The van der Waals surface area contributed by atoms with Gasteiger partial charge in [-0.1, -0.05) is 17.3 Å². The van der Waals surface area contributed by atoms with Crippen LogP contribution in [0.4, 0.5) is 0 Å². The highest BCUT2D eigenvalue weighted by molar-refractivity contribution is 7.88. The lowest BCUT2D eigenvalue weighted by atomic mass is 10.2. The fourth-order valence-electron chi connectivity index (χ4n) is 2.19. The highest BCUT2D eigenvalue weighted by atomic mass is 32.2. The van der Waals surface area contributed by atoms with E-state index in [9.17, 15) is 8.42 Å². The summed E-state index contributed by atoms with van der Waals surface area (Å²) in [5.74, 6) is 1.21. The molecule has 0 aliphatic rings. The second-order valence-electron chi connectivity index (χ2n) is 5.99. The molecule has 0 N–H and O–H groups in total. The van der Waals surface area contributed by atoms with Crippen molar-refractivity contribution in [2.45, 2.75) is 25.0 Å². The number of aromatic nitrogens is 2. The van der Waals surface area contributed by atoms with Crippen molar-refractivity contribution < 1.29 is 22.1 Å². The Balaban J connectivity index is 1.94. The number of hydrogen-bond acceptors (Lipinski definition) is 7. The molecule has 0 unspecified atom stereocenters. The van der Waals surface area contributed by atoms with Crippen molar-refractivity contribution in [3.8, 4) is 28.8 Å². The van der Waals surface area contributed by atoms with E-state index in [1.165, 1.54) is 26.2 Å². The van der Waals surface area contributed by atoms with Gasteiger partial charge < -0.3 is 13.7 Å². The molecule has 0 bridgehead atoms. The molecule has 3 aromatic rings. The average molecular weight is 377 g/mol. The number of furan rings is 1. The Morgan fingerprint density at radius 2 is 1.85 bits per heavy atom. The molecule has 3 rings (SSSR count). The minimum absolute atomic E-state index is 0.00797. The van der Waals surface area contributed by atoms with Gasteiger partial charge in [0.05, 0.1) is 11.7 Å². The van der Waals surface area contributed by atoms with Crippen molar-refractivity contribution in [3.63, 3.8) is 0 Å². The van der Waals surface area contributed by atoms with E-state index in [0.29, 0.717) is 17.1 Å². The van der Waals surface area contributed by atoms with Gasteiger partial charge in [0, 0.05) is 14.1 Å². The largest absolute Gasteiger partial charge is 0.490 e. The predicted octanol–water partition coefficient (Wildman–Crippen LogP) is 3.03. The highest BCUT2D eigenvalue weighted by Crippen LogP contribution is 2.31. The summed E-state index contributed by atoms with van der Waals surface area (Å²) in [6, 6.07) is 10.2. The van der Waals surface area contributed by atoms with Gasteiger partial charge in [0.25, 0.3) is 15.9 Å². The fourth-order valence-corrected chi connectivity index (χ4v) is 2.99. The molecule has 2 aromatic heterocycles. The maximum atomic E-state index is 12.1. The predicted molar refractivity (Wildman–Crippen MR) is 94.1 cm³/mol. The van der Waals surface area contributed by atoms with Gasteiger partial charge in [0.2, 0.25) is 10.9 Å². The van der Waals surface area contributed by atoms with Gasteiger partial charge in [-0.05, 0) is 38.1 Å². The van der Waals surface area contributed by atoms with Crippen molar-refractivity contribution in [2.75, 3.05) is 14.1 Å². The van der Waals surface area contributed by atoms with E-state index in [-0.39, 0.29) is 22.8 Å². The molecule has 1 aromatic carbocycles. The fraction of sp³-hybridized carbons (Fsp3) is 0.294. The quantitative estimate of drug-likeness (QED) is 0.651. The Morgan fingerprint density at radius 3 is 2.54 bits per heavy atom. The first-order chi connectivity index (χ1) is 12.3. The number of hydrogen-bond donors (Lipinski definition) is 0.